The minimum Gasteiger partial charge on any atom is -0.480 e. The smallest absolute Gasteiger partial charge is 0.325 e. The van der Waals surface area contributed by atoms with Crippen LogP contribution in [0.15, 0.2) is 24.3 Å². The highest BCUT2D eigenvalue weighted by molar-refractivity contribution is 5.96. The number of rotatable bonds is 2. The summed E-state index contributed by atoms with van der Waals surface area (Å²) in [6.45, 7) is 3.40. The first-order valence-corrected chi connectivity index (χ1v) is 5.91. The predicted octanol–water partition coefficient (Wildman–Crippen LogP) is 1.62. The van der Waals surface area contributed by atoms with Crippen molar-refractivity contribution in [3.63, 3.8) is 0 Å². The predicted molar refractivity (Wildman–Crippen MR) is 67.7 cm³/mol. The number of aliphatic carboxylic acids is 1. The van der Waals surface area contributed by atoms with Gasteiger partial charge in [-0.2, -0.15) is 0 Å². The second-order valence-corrected chi connectivity index (χ2v) is 4.56. The Kier molecular flexibility index (Phi) is 3.23. The summed E-state index contributed by atoms with van der Waals surface area (Å²) < 4.78 is 0. The number of carboxylic acids is 1. The molecule has 2 unspecified atom stereocenters. The van der Waals surface area contributed by atoms with Gasteiger partial charge in [0, 0.05) is 11.7 Å². The Labute approximate surface area is 105 Å². The van der Waals surface area contributed by atoms with Crippen LogP contribution in [0.1, 0.15) is 19.4 Å². The minimum atomic E-state index is -1.04. The molecule has 1 aromatic rings. The van der Waals surface area contributed by atoms with Crippen molar-refractivity contribution in [2.75, 3.05) is 4.90 Å². The zero-order chi connectivity index (χ0) is 13.3. The van der Waals surface area contributed by atoms with Gasteiger partial charge in [-0.3, -0.25) is 9.69 Å². The molecule has 0 aliphatic carbocycles. The fraction of sp³-hybridized carbons (Fsp3) is 0.385. The van der Waals surface area contributed by atoms with Crippen molar-refractivity contribution in [3.05, 3.63) is 29.8 Å². The van der Waals surface area contributed by atoms with Gasteiger partial charge in [-0.15, -0.1) is 0 Å². The second-order valence-electron chi connectivity index (χ2n) is 4.56. The average Bonchev–Trinajstić information content (AvgIpc) is 2.64. The summed E-state index contributed by atoms with van der Waals surface area (Å²) in [4.78, 5) is 24.4. The normalized spacial score (nSPS) is 19.2. The topological polar surface area (TPSA) is 69.6 Å². The van der Waals surface area contributed by atoms with E-state index in [-0.39, 0.29) is 12.1 Å². The summed E-state index contributed by atoms with van der Waals surface area (Å²) >= 11 is 0. The van der Waals surface area contributed by atoms with E-state index in [1.54, 1.807) is 4.90 Å². The molecule has 1 aliphatic heterocycles. The van der Waals surface area contributed by atoms with E-state index in [0.717, 1.165) is 17.7 Å². The number of urea groups is 1. The first-order chi connectivity index (χ1) is 8.50. The van der Waals surface area contributed by atoms with Gasteiger partial charge in [-0.25, -0.2) is 4.79 Å². The van der Waals surface area contributed by atoms with Crippen LogP contribution in [0.5, 0.6) is 0 Å². The van der Waals surface area contributed by atoms with Gasteiger partial charge in [0.15, 0.2) is 0 Å². The number of para-hydroxylation sites is 1. The third kappa shape index (κ3) is 2.16. The lowest BCUT2D eigenvalue weighted by Crippen LogP contribution is -2.48. The van der Waals surface area contributed by atoms with Crippen molar-refractivity contribution in [2.45, 2.75) is 32.4 Å². The zero-order valence-corrected chi connectivity index (χ0v) is 10.4. The van der Waals surface area contributed by atoms with Crippen molar-refractivity contribution < 1.29 is 14.7 Å². The fourth-order valence-electron chi connectivity index (χ4n) is 2.19. The molecule has 1 aromatic carbocycles. The lowest BCUT2D eigenvalue weighted by atomic mass is 10.1. The molecule has 2 N–H and O–H groups in total. The van der Waals surface area contributed by atoms with Crippen LogP contribution in [0.4, 0.5) is 10.5 Å². The number of carbonyl (C=O) groups is 2. The van der Waals surface area contributed by atoms with Crippen molar-refractivity contribution in [1.82, 2.24) is 5.32 Å². The summed E-state index contributed by atoms with van der Waals surface area (Å²) in [6.07, 6.45) is 0.797. The van der Waals surface area contributed by atoms with E-state index >= 15 is 0 Å². The molecule has 5 nitrogen and oxygen atoms in total. The molecule has 0 aromatic heterocycles. The van der Waals surface area contributed by atoms with Crippen LogP contribution in [-0.2, 0) is 11.2 Å². The lowest BCUT2D eigenvalue weighted by Gasteiger charge is -2.24. The van der Waals surface area contributed by atoms with Crippen molar-refractivity contribution in [2.24, 2.45) is 0 Å². The molecule has 0 fully saturated rings. The number of hydrogen-bond donors (Lipinski definition) is 2. The highest BCUT2D eigenvalue weighted by Gasteiger charge is 2.31. The number of nitrogens with one attached hydrogen (secondary N) is 1. The van der Waals surface area contributed by atoms with Gasteiger partial charge in [0.1, 0.15) is 6.04 Å². The number of amides is 2. The largest absolute Gasteiger partial charge is 0.480 e. The van der Waals surface area contributed by atoms with Gasteiger partial charge in [-0.05, 0) is 31.9 Å². The van der Waals surface area contributed by atoms with Crippen LogP contribution in [0, 0.1) is 0 Å². The van der Waals surface area contributed by atoms with Gasteiger partial charge < -0.3 is 10.4 Å². The maximum atomic E-state index is 12.1. The van der Waals surface area contributed by atoms with Gasteiger partial charge in [-0.1, -0.05) is 18.2 Å². The molecule has 0 saturated heterocycles. The number of fused-ring (bicyclic) bond motifs is 1. The molecule has 1 heterocycles. The number of benzene rings is 1. The number of nitrogens with zero attached hydrogens (tertiary/aromatic N) is 1. The number of anilines is 1. The summed E-state index contributed by atoms with van der Waals surface area (Å²) in [5, 5.41) is 11.3. The Hall–Kier alpha value is -2.04. The van der Waals surface area contributed by atoms with Gasteiger partial charge in [0.25, 0.3) is 0 Å². The molecule has 2 amide bonds. The molecule has 18 heavy (non-hydrogen) atoms. The molecule has 0 saturated carbocycles. The maximum absolute atomic E-state index is 12.1. The summed E-state index contributed by atoms with van der Waals surface area (Å²) in [6, 6.07) is 6.47. The molecule has 5 heteroatoms. The molecule has 2 rings (SSSR count). The third-order valence-corrected chi connectivity index (χ3v) is 3.14. The third-order valence-electron chi connectivity index (χ3n) is 3.14. The molecular weight excluding hydrogens is 232 g/mol. The van der Waals surface area contributed by atoms with E-state index in [4.69, 9.17) is 5.11 Å². The number of hydrogen-bond acceptors (Lipinski definition) is 2. The Balaban J connectivity index is 2.18. The van der Waals surface area contributed by atoms with E-state index in [1.165, 1.54) is 6.92 Å². The van der Waals surface area contributed by atoms with Crippen LogP contribution in [0.2, 0.25) is 0 Å². The Bertz CT molecular complexity index is 487. The summed E-state index contributed by atoms with van der Waals surface area (Å²) in [5.41, 5.74) is 1.98. The molecule has 0 bridgehead atoms. The van der Waals surface area contributed by atoms with Crippen LogP contribution < -0.4 is 10.2 Å². The van der Waals surface area contributed by atoms with E-state index in [1.807, 2.05) is 31.2 Å². The summed E-state index contributed by atoms with van der Waals surface area (Å²) in [7, 11) is 0. The number of carboxylic acid groups (broad SMARTS) is 1. The number of carbonyl (C=O) groups excluding carboxylic acids is 1. The molecular formula is C13H16N2O3. The maximum Gasteiger partial charge on any atom is 0.325 e. The molecule has 1 aliphatic rings. The quantitative estimate of drug-likeness (QED) is 0.835. The van der Waals surface area contributed by atoms with Crippen molar-refractivity contribution >= 4 is 17.7 Å². The first kappa shape index (κ1) is 12.4. The molecule has 0 radical (unpaired) electrons. The van der Waals surface area contributed by atoms with E-state index in [2.05, 4.69) is 5.32 Å². The van der Waals surface area contributed by atoms with E-state index < -0.39 is 12.0 Å². The summed E-state index contributed by atoms with van der Waals surface area (Å²) in [5.74, 6) is -1.04. The lowest BCUT2D eigenvalue weighted by molar-refractivity contribution is -0.138. The van der Waals surface area contributed by atoms with Crippen molar-refractivity contribution in [3.8, 4) is 0 Å². The van der Waals surface area contributed by atoms with Gasteiger partial charge >= 0.3 is 12.0 Å². The Morgan fingerprint density at radius 1 is 1.44 bits per heavy atom. The average molecular weight is 248 g/mol. The highest BCUT2D eigenvalue weighted by atomic mass is 16.4. The molecule has 0 spiro atoms. The van der Waals surface area contributed by atoms with Crippen LogP contribution in [0.3, 0.4) is 0 Å². The van der Waals surface area contributed by atoms with E-state index in [9.17, 15) is 9.59 Å². The zero-order valence-electron chi connectivity index (χ0n) is 10.4. The minimum absolute atomic E-state index is 0.0448. The second kappa shape index (κ2) is 4.68. The standard InChI is InChI=1S/C13H16N2O3/c1-8-7-10-5-3-4-6-11(10)15(8)13(18)14-9(2)12(16)17/h3-6,8-9H,7H2,1-2H3,(H,14,18)(H,16,17). The first-order valence-electron chi connectivity index (χ1n) is 5.91. The van der Waals surface area contributed by atoms with Crippen LogP contribution in [0.25, 0.3) is 0 Å². The fourth-order valence-corrected chi connectivity index (χ4v) is 2.19. The monoisotopic (exact) mass is 248 g/mol. The van der Waals surface area contributed by atoms with Crippen LogP contribution in [-0.4, -0.2) is 29.2 Å². The van der Waals surface area contributed by atoms with Gasteiger partial charge in [0.2, 0.25) is 0 Å². The molecule has 2 atom stereocenters. The Morgan fingerprint density at radius 3 is 2.78 bits per heavy atom. The van der Waals surface area contributed by atoms with E-state index in [0.29, 0.717) is 0 Å². The van der Waals surface area contributed by atoms with Crippen LogP contribution >= 0.6 is 0 Å². The molecule has 96 valence electrons. The SMILES string of the molecule is CC(NC(=O)N1c2ccccc2CC1C)C(=O)O. The highest BCUT2D eigenvalue weighted by Crippen LogP contribution is 2.31. The van der Waals surface area contributed by atoms with Gasteiger partial charge in [0.05, 0.1) is 0 Å². The van der Waals surface area contributed by atoms with Crippen molar-refractivity contribution in [1.29, 1.82) is 0 Å². The Morgan fingerprint density at radius 2 is 2.11 bits per heavy atom.